The number of aliphatic hydroxyl groups is 1. The number of nitrogens with zero attached hydrogens (tertiary/aromatic N) is 1. The fourth-order valence-corrected chi connectivity index (χ4v) is 4.47. The first-order chi connectivity index (χ1) is 13.1. The lowest BCUT2D eigenvalue weighted by Gasteiger charge is -2.26. The Bertz CT molecular complexity index is 957. The molecule has 0 atom stereocenters. The van der Waals surface area contributed by atoms with Crippen molar-refractivity contribution in [3.05, 3.63) is 96.1 Å². The molecule has 1 N–H and O–H groups in total. The van der Waals surface area contributed by atoms with Gasteiger partial charge in [-0.1, -0.05) is 60.7 Å². The smallest absolute Gasteiger partial charge is 0.264 e. The molecule has 0 saturated heterocycles. The van der Waals surface area contributed by atoms with Crippen LogP contribution in [0.1, 0.15) is 17.5 Å². The Morgan fingerprint density at radius 3 is 1.93 bits per heavy atom. The van der Waals surface area contributed by atoms with E-state index < -0.39 is 10.0 Å². The van der Waals surface area contributed by atoms with Crippen LogP contribution in [0.5, 0.6) is 0 Å². The van der Waals surface area contributed by atoms with E-state index in [1.165, 1.54) is 4.31 Å². The van der Waals surface area contributed by atoms with E-state index in [4.69, 9.17) is 5.11 Å². The summed E-state index contributed by atoms with van der Waals surface area (Å²) in [6.45, 7) is 0.349. The fourth-order valence-electron chi connectivity index (χ4n) is 3.01. The zero-order chi connectivity index (χ0) is 19.1. The van der Waals surface area contributed by atoms with Crippen molar-refractivity contribution in [2.75, 3.05) is 10.9 Å². The van der Waals surface area contributed by atoms with Gasteiger partial charge in [-0.05, 0) is 48.2 Å². The number of anilines is 1. The summed E-state index contributed by atoms with van der Waals surface area (Å²) in [5.41, 5.74) is 2.61. The van der Waals surface area contributed by atoms with E-state index in [9.17, 15) is 8.42 Å². The zero-order valence-electron chi connectivity index (χ0n) is 15.0. The lowest BCUT2D eigenvalue weighted by Crippen LogP contribution is -2.31. The maximum atomic E-state index is 13.3. The zero-order valence-corrected chi connectivity index (χ0v) is 15.8. The lowest BCUT2D eigenvalue weighted by molar-refractivity contribution is 0.288. The summed E-state index contributed by atoms with van der Waals surface area (Å²) in [6.07, 6.45) is 1.36. The van der Waals surface area contributed by atoms with E-state index in [2.05, 4.69) is 0 Å². The third kappa shape index (κ3) is 4.56. The highest BCUT2D eigenvalue weighted by Gasteiger charge is 2.25. The Morgan fingerprint density at radius 1 is 0.741 bits per heavy atom. The second-order valence-electron chi connectivity index (χ2n) is 6.26. The molecule has 3 aromatic carbocycles. The highest BCUT2D eigenvalue weighted by Crippen LogP contribution is 2.27. The molecule has 3 aromatic rings. The summed E-state index contributed by atoms with van der Waals surface area (Å²) < 4.78 is 28.1. The van der Waals surface area contributed by atoms with Crippen LogP contribution in [0.4, 0.5) is 5.69 Å². The van der Waals surface area contributed by atoms with Crippen LogP contribution in [-0.4, -0.2) is 20.1 Å². The quantitative estimate of drug-likeness (QED) is 0.641. The normalized spacial score (nSPS) is 11.3. The summed E-state index contributed by atoms with van der Waals surface area (Å²) in [5, 5.41) is 9.15. The van der Waals surface area contributed by atoms with Crippen molar-refractivity contribution in [2.45, 2.75) is 24.3 Å². The number of rotatable bonds is 8. The van der Waals surface area contributed by atoms with Gasteiger partial charge in [0.2, 0.25) is 0 Å². The second-order valence-corrected chi connectivity index (χ2v) is 8.12. The summed E-state index contributed by atoms with van der Waals surface area (Å²) in [7, 11) is -3.71. The van der Waals surface area contributed by atoms with Crippen molar-refractivity contribution in [3.63, 3.8) is 0 Å². The van der Waals surface area contributed by atoms with E-state index in [1.54, 1.807) is 42.5 Å². The Hall–Kier alpha value is -2.63. The van der Waals surface area contributed by atoms with E-state index in [0.29, 0.717) is 18.5 Å². The van der Waals surface area contributed by atoms with Crippen LogP contribution in [0, 0.1) is 0 Å². The molecule has 0 aliphatic rings. The lowest BCUT2D eigenvalue weighted by atomic mass is 10.0. The molecule has 4 nitrogen and oxygen atoms in total. The average Bonchev–Trinajstić information content (AvgIpc) is 2.72. The third-order valence-electron chi connectivity index (χ3n) is 4.41. The number of benzene rings is 3. The largest absolute Gasteiger partial charge is 0.396 e. The Balaban J connectivity index is 2.03. The number of hydrogen-bond acceptors (Lipinski definition) is 3. The minimum absolute atomic E-state index is 0.110. The molecule has 3 rings (SSSR count). The van der Waals surface area contributed by atoms with Gasteiger partial charge in [-0.25, -0.2) is 8.42 Å². The first kappa shape index (κ1) is 19.1. The average molecular weight is 381 g/mol. The minimum Gasteiger partial charge on any atom is -0.396 e. The van der Waals surface area contributed by atoms with Gasteiger partial charge in [-0.3, -0.25) is 4.31 Å². The molecule has 0 fully saturated rings. The van der Waals surface area contributed by atoms with Crippen molar-refractivity contribution in [1.82, 2.24) is 0 Å². The van der Waals surface area contributed by atoms with E-state index in [1.807, 2.05) is 42.5 Å². The third-order valence-corrected chi connectivity index (χ3v) is 6.20. The molecule has 0 radical (unpaired) electrons. The molecule has 0 aliphatic carbocycles. The predicted octanol–water partition coefficient (Wildman–Crippen LogP) is 4.01. The first-order valence-electron chi connectivity index (χ1n) is 8.93. The molecule has 0 spiro atoms. The topological polar surface area (TPSA) is 57.6 Å². The number of sulfonamides is 1. The van der Waals surface area contributed by atoms with Crippen LogP contribution in [0.25, 0.3) is 0 Å². The molecule has 5 heteroatoms. The summed E-state index contributed by atoms with van der Waals surface area (Å²) in [6, 6.07) is 25.4. The van der Waals surface area contributed by atoms with E-state index >= 15 is 0 Å². The molecule has 0 aliphatic heterocycles. The Kier molecular flexibility index (Phi) is 6.27. The maximum absolute atomic E-state index is 13.3. The van der Waals surface area contributed by atoms with Crippen molar-refractivity contribution in [1.29, 1.82) is 0 Å². The maximum Gasteiger partial charge on any atom is 0.264 e. The summed E-state index contributed by atoms with van der Waals surface area (Å²) >= 11 is 0. The summed E-state index contributed by atoms with van der Waals surface area (Å²) in [5.74, 6) is 0. The number of aliphatic hydroxyl groups excluding tert-OH is 1. The van der Waals surface area contributed by atoms with Crippen molar-refractivity contribution in [3.8, 4) is 0 Å². The highest BCUT2D eigenvalue weighted by molar-refractivity contribution is 7.92. The van der Waals surface area contributed by atoms with Gasteiger partial charge in [0.25, 0.3) is 10.0 Å². The molecular weight excluding hydrogens is 358 g/mol. The molecule has 0 aromatic heterocycles. The Labute approximate surface area is 160 Å². The van der Waals surface area contributed by atoms with Gasteiger partial charge < -0.3 is 5.11 Å². The predicted molar refractivity (Wildman–Crippen MR) is 108 cm³/mol. The van der Waals surface area contributed by atoms with Crippen LogP contribution in [-0.2, 0) is 23.0 Å². The van der Waals surface area contributed by atoms with Crippen molar-refractivity contribution < 1.29 is 13.5 Å². The molecule has 0 amide bonds. The number of aryl methyl sites for hydroxylation is 1. The van der Waals surface area contributed by atoms with Gasteiger partial charge in [-0.2, -0.15) is 0 Å². The highest BCUT2D eigenvalue weighted by atomic mass is 32.2. The van der Waals surface area contributed by atoms with Crippen LogP contribution < -0.4 is 4.31 Å². The van der Waals surface area contributed by atoms with E-state index in [-0.39, 0.29) is 18.0 Å². The van der Waals surface area contributed by atoms with E-state index in [0.717, 1.165) is 11.1 Å². The minimum atomic E-state index is -3.71. The monoisotopic (exact) mass is 381 g/mol. The van der Waals surface area contributed by atoms with Gasteiger partial charge in [0.1, 0.15) is 0 Å². The van der Waals surface area contributed by atoms with Gasteiger partial charge in [0.15, 0.2) is 0 Å². The van der Waals surface area contributed by atoms with Crippen LogP contribution in [0.3, 0.4) is 0 Å². The molecule has 140 valence electrons. The molecular formula is C22H23NO3S. The molecule has 0 saturated carbocycles. The SMILES string of the molecule is O=S(=O)(c1ccccc1)N(Cc1ccccc1CCCO)c1ccccc1. The van der Waals surface area contributed by atoms with Crippen LogP contribution >= 0.6 is 0 Å². The number of para-hydroxylation sites is 1. The Morgan fingerprint density at radius 2 is 1.30 bits per heavy atom. The van der Waals surface area contributed by atoms with Gasteiger partial charge >= 0.3 is 0 Å². The van der Waals surface area contributed by atoms with Crippen molar-refractivity contribution in [2.24, 2.45) is 0 Å². The van der Waals surface area contributed by atoms with Gasteiger partial charge in [0, 0.05) is 6.61 Å². The summed E-state index contributed by atoms with van der Waals surface area (Å²) in [4.78, 5) is 0.265. The van der Waals surface area contributed by atoms with Crippen LogP contribution in [0.2, 0.25) is 0 Å². The standard InChI is InChI=1S/C22H23NO3S/c24-17-9-12-19-10-7-8-11-20(19)18-23(21-13-3-1-4-14-21)27(25,26)22-15-5-2-6-16-22/h1-8,10-11,13-16,24H,9,12,17-18H2. The van der Waals surface area contributed by atoms with Crippen molar-refractivity contribution >= 4 is 15.7 Å². The fraction of sp³-hybridized carbons (Fsp3) is 0.182. The molecule has 27 heavy (non-hydrogen) atoms. The molecule has 0 unspecified atom stereocenters. The second kappa shape index (κ2) is 8.84. The number of hydrogen-bond donors (Lipinski definition) is 1. The molecule has 0 bridgehead atoms. The molecule has 0 heterocycles. The first-order valence-corrected chi connectivity index (χ1v) is 10.4. The van der Waals surface area contributed by atoms with Crippen LogP contribution in [0.15, 0.2) is 89.8 Å². The van der Waals surface area contributed by atoms with Gasteiger partial charge in [-0.15, -0.1) is 0 Å². The van der Waals surface area contributed by atoms with Gasteiger partial charge in [0.05, 0.1) is 17.1 Å².